The maximum Gasteiger partial charge on any atom is 0.245 e. The van der Waals surface area contributed by atoms with Gasteiger partial charge >= 0.3 is 0 Å². The van der Waals surface area contributed by atoms with Crippen molar-refractivity contribution in [2.24, 2.45) is 0 Å². The van der Waals surface area contributed by atoms with E-state index in [1.165, 1.54) is 19.3 Å². The van der Waals surface area contributed by atoms with Gasteiger partial charge in [0.2, 0.25) is 11.8 Å². The predicted molar refractivity (Wildman–Crippen MR) is 77.0 cm³/mol. The highest BCUT2D eigenvalue weighted by atomic mass is 16.5. The van der Waals surface area contributed by atoms with E-state index in [0.29, 0.717) is 30.1 Å². The number of rotatable bonds is 4. The fraction of sp³-hybridized carbons (Fsp3) is 0.615. The van der Waals surface area contributed by atoms with Crippen molar-refractivity contribution in [3.05, 3.63) is 6.33 Å². The van der Waals surface area contributed by atoms with Gasteiger partial charge in [0.05, 0.1) is 6.33 Å². The summed E-state index contributed by atoms with van der Waals surface area (Å²) in [6.45, 7) is 1.78. The lowest BCUT2D eigenvalue weighted by Crippen LogP contribution is -2.40. The number of aromatic nitrogens is 4. The molecule has 1 unspecified atom stereocenters. The Bertz CT molecular complexity index is 583. The van der Waals surface area contributed by atoms with E-state index in [2.05, 4.69) is 37.2 Å². The molecule has 7 heteroatoms. The molecule has 1 atom stereocenters. The van der Waals surface area contributed by atoms with Crippen LogP contribution in [0, 0.1) is 0 Å². The van der Waals surface area contributed by atoms with Gasteiger partial charge < -0.3 is 19.9 Å². The van der Waals surface area contributed by atoms with Gasteiger partial charge in [-0.15, -0.1) is 0 Å². The molecule has 0 amide bonds. The zero-order valence-corrected chi connectivity index (χ0v) is 11.9. The Balaban J connectivity index is 1.77. The molecule has 1 saturated heterocycles. The highest BCUT2D eigenvalue weighted by Gasteiger charge is 2.20. The minimum atomic E-state index is 0.453. The molecule has 20 heavy (non-hydrogen) atoms. The van der Waals surface area contributed by atoms with E-state index in [4.69, 9.17) is 4.74 Å². The summed E-state index contributed by atoms with van der Waals surface area (Å²) in [5, 5.41) is 2.93. The van der Waals surface area contributed by atoms with Crippen LogP contribution in [0.25, 0.3) is 11.2 Å². The quantitative estimate of drug-likeness (QED) is 0.875. The van der Waals surface area contributed by atoms with Crippen molar-refractivity contribution in [3.8, 4) is 5.88 Å². The maximum atomic E-state index is 5.93. The lowest BCUT2D eigenvalue weighted by molar-refractivity contribution is 0.123. The van der Waals surface area contributed by atoms with Crippen LogP contribution in [0.4, 0.5) is 5.95 Å². The smallest absolute Gasteiger partial charge is 0.245 e. The van der Waals surface area contributed by atoms with Crippen LogP contribution in [0.2, 0.25) is 0 Å². The molecule has 1 aliphatic heterocycles. The number of H-pyrrole nitrogens is 1. The second-order valence-corrected chi connectivity index (χ2v) is 5.14. The molecular formula is C13H20N6O. The van der Waals surface area contributed by atoms with Gasteiger partial charge in [0.25, 0.3) is 0 Å². The minimum absolute atomic E-state index is 0.453. The number of ether oxygens (including phenoxy) is 1. The van der Waals surface area contributed by atoms with Crippen molar-refractivity contribution in [1.29, 1.82) is 0 Å². The number of fused-ring (bicyclic) bond motifs is 1. The van der Waals surface area contributed by atoms with Crippen LogP contribution >= 0.6 is 0 Å². The summed E-state index contributed by atoms with van der Waals surface area (Å²) in [6.07, 6.45) is 5.32. The Morgan fingerprint density at radius 2 is 2.35 bits per heavy atom. The first-order chi connectivity index (χ1) is 9.78. The van der Waals surface area contributed by atoms with Crippen molar-refractivity contribution in [3.63, 3.8) is 0 Å². The Hall–Kier alpha value is -1.89. The molecule has 108 valence electrons. The highest BCUT2D eigenvalue weighted by Crippen LogP contribution is 2.22. The van der Waals surface area contributed by atoms with E-state index in [9.17, 15) is 0 Å². The molecule has 0 aromatic carbocycles. The zero-order chi connectivity index (χ0) is 13.9. The average Bonchev–Trinajstić information content (AvgIpc) is 2.94. The average molecular weight is 276 g/mol. The summed E-state index contributed by atoms with van der Waals surface area (Å²) < 4.78 is 5.93. The first-order valence-corrected chi connectivity index (χ1v) is 7.00. The molecule has 0 bridgehead atoms. The zero-order valence-electron chi connectivity index (χ0n) is 11.9. The number of nitrogens with one attached hydrogen (secondary N) is 2. The normalized spacial score (nSPS) is 20.2. The number of aromatic amines is 1. The van der Waals surface area contributed by atoms with Crippen LogP contribution in [-0.4, -0.2) is 58.1 Å². The summed E-state index contributed by atoms with van der Waals surface area (Å²) in [5.74, 6) is 1.09. The first-order valence-electron chi connectivity index (χ1n) is 7.00. The van der Waals surface area contributed by atoms with Crippen molar-refractivity contribution in [2.45, 2.75) is 25.3 Å². The minimum Gasteiger partial charge on any atom is -0.474 e. The number of likely N-dealkylation sites (tertiary alicyclic amines) is 1. The van der Waals surface area contributed by atoms with Gasteiger partial charge in [-0.1, -0.05) is 6.42 Å². The number of nitrogens with zero attached hydrogens (tertiary/aromatic N) is 4. The number of piperidine rings is 1. The second-order valence-electron chi connectivity index (χ2n) is 5.14. The van der Waals surface area contributed by atoms with Gasteiger partial charge in [-0.25, -0.2) is 4.98 Å². The third kappa shape index (κ3) is 2.53. The van der Waals surface area contributed by atoms with Gasteiger partial charge in [-0.05, 0) is 26.4 Å². The number of likely N-dealkylation sites (N-methyl/N-ethyl adjacent to an activating group) is 1. The molecule has 1 aliphatic rings. The second kappa shape index (κ2) is 5.62. The standard InChI is InChI=1S/C13H20N6O/c1-14-13-17-11-10(15-8-16-11)12(18-13)20-7-9-5-3-4-6-19(9)2/h8-9H,3-7H2,1-2H3,(H2,14,15,16,17,18). The Labute approximate surface area is 117 Å². The SMILES string of the molecule is CNc1nc(OCC2CCCCN2C)c2[nH]cnc2n1. The van der Waals surface area contributed by atoms with Crippen molar-refractivity contribution in [1.82, 2.24) is 24.8 Å². The van der Waals surface area contributed by atoms with E-state index in [1.54, 1.807) is 13.4 Å². The highest BCUT2D eigenvalue weighted by molar-refractivity contribution is 5.76. The molecule has 0 spiro atoms. The van der Waals surface area contributed by atoms with Crippen LogP contribution < -0.4 is 10.1 Å². The van der Waals surface area contributed by atoms with Gasteiger partial charge in [0, 0.05) is 13.1 Å². The maximum absolute atomic E-state index is 5.93. The third-order valence-corrected chi connectivity index (χ3v) is 3.81. The van der Waals surface area contributed by atoms with Crippen LogP contribution in [0.3, 0.4) is 0 Å². The predicted octanol–water partition coefficient (Wildman–Crippen LogP) is 1.26. The molecule has 2 aromatic rings. The molecule has 3 heterocycles. The lowest BCUT2D eigenvalue weighted by atomic mass is 10.0. The van der Waals surface area contributed by atoms with E-state index in [1.807, 2.05) is 0 Å². The molecule has 0 aliphatic carbocycles. The van der Waals surface area contributed by atoms with Gasteiger partial charge in [0.1, 0.15) is 12.1 Å². The Kier molecular flexibility index (Phi) is 3.68. The van der Waals surface area contributed by atoms with E-state index in [-0.39, 0.29) is 0 Å². The van der Waals surface area contributed by atoms with Gasteiger partial charge in [0.15, 0.2) is 5.65 Å². The summed E-state index contributed by atoms with van der Waals surface area (Å²) in [5.41, 5.74) is 1.37. The van der Waals surface area contributed by atoms with Crippen molar-refractivity contribution in [2.75, 3.05) is 32.6 Å². The summed E-state index contributed by atoms with van der Waals surface area (Å²) in [7, 11) is 3.94. The Morgan fingerprint density at radius 3 is 3.15 bits per heavy atom. The molecule has 0 radical (unpaired) electrons. The largest absolute Gasteiger partial charge is 0.474 e. The van der Waals surface area contributed by atoms with Crippen molar-refractivity contribution >= 4 is 17.1 Å². The van der Waals surface area contributed by atoms with Gasteiger partial charge in [-0.3, -0.25) is 0 Å². The lowest BCUT2D eigenvalue weighted by Gasteiger charge is -2.31. The number of hydrogen-bond acceptors (Lipinski definition) is 6. The fourth-order valence-electron chi connectivity index (χ4n) is 2.55. The molecule has 3 rings (SSSR count). The molecule has 1 fully saturated rings. The molecule has 7 nitrogen and oxygen atoms in total. The topological polar surface area (TPSA) is 79.0 Å². The number of anilines is 1. The van der Waals surface area contributed by atoms with Crippen LogP contribution in [0.1, 0.15) is 19.3 Å². The molecule has 0 saturated carbocycles. The van der Waals surface area contributed by atoms with Crippen LogP contribution in [0.15, 0.2) is 6.33 Å². The summed E-state index contributed by atoms with van der Waals surface area (Å²) >= 11 is 0. The van der Waals surface area contributed by atoms with E-state index in [0.717, 1.165) is 12.1 Å². The molecule has 2 N–H and O–H groups in total. The fourth-order valence-corrected chi connectivity index (χ4v) is 2.55. The number of hydrogen-bond donors (Lipinski definition) is 2. The Morgan fingerprint density at radius 1 is 1.45 bits per heavy atom. The monoisotopic (exact) mass is 276 g/mol. The first kappa shape index (κ1) is 13.1. The summed E-state index contributed by atoms with van der Waals surface area (Å²) in [4.78, 5) is 18.2. The van der Waals surface area contributed by atoms with E-state index >= 15 is 0 Å². The van der Waals surface area contributed by atoms with Crippen LogP contribution in [-0.2, 0) is 0 Å². The van der Waals surface area contributed by atoms with Gasteiger partial charge in [-0.2, -0.15) is 9.97 Å². The summed E-state index contributed by atoms with van der Waals surface area (Å²) in [6, 6.07) is 0.453. The van der Waals surface area contributed by atoms with Crippen LogP contribution in [0.5, 0.6) is 5.88 Å². The van der Waals surface area contributed by atoms with E-state index < -0.39 is 0 Å². The van der Waals surface area contributed by atoms with Crippen molar-refractivity contribution < 1.29 is 4.74 Å². The molecule has 2 aromatic heterocycles. The third-order valence-electron chi connectivity index (χ3n) is 3.81. The number of imidazole rings is 1. The molecular weight excluding hydrogens is 256 g/mol.